The molecular weight excluding hydrogens is 264 g/mol. The van der Waals surface area contributed by atoms with Crippen LogP contribution in [0.1, 0.15) is 22.5 Å². The molecule has 2 rings (SSSR count). The summed E-state index contributed by atoms with van der Waals surface area (Å²) in [6, 6.07) is 0. The lowest BCUT2D eigenvalue weighted by Gasteiger charge is -2.08. The SMILES string of the molecule is O=C(NCC(Br)C1CC1)c1cncs1. The van der Waals surface area contributed by atoms with Gasteiger partial charge in [0.2, 0.25) is 0 Å². The molecule has 1 aromatic rings. The smallest absolute Gasteiger partial charge is 0.263 e. The molecule has 0 radical (unpaired) electrons. The summed E-state index contributed by atoms with van der Waals surface area (Å²) in [4.78, 5) is 16.5. The van der Waals surface area contributed by atoms with Gasteiger partial charge in [0.25, 0.3) is 5.91 Å². The molecule has 3 nitrogen and oxygen atoms in total. The summed E-state index contributed by atoms with van der Waals surface area (Å²) >= 11 is 4.94. The van der Waals surface area contributed by atoms with Gasteiger partial charge in [-0.05, 0) is 18.8 Å². The lowest BCUT2D eigenvalue weighted by molar-refractivity contribution is 0.0957. The molecule has 0 aliphatic heterocycles. The number of thiazole rings is 1. The van der Waals surface area contributed by atoms with E-state index in [0.29, 0.717) is 16.2 Å². The van der Waals surface area contributed by atoms with Crippen molar-refractivity contribution in [1.29, 1.82) is 0 Å². The molecule has 1 unspecified atom stereocenters. The van der Waals surface area contributed by atoms with Gasteiger partial charge in [-0.1, -0.05) is 15.9 Å². The third-order valence-corrected chi connectivity index (χ3v) is 4.09. The summed E-state index contributed by atoms with van der Waals surface area (Å²) in [5.41, 5.74) is 1.67. The number of hydrogen-bond acceptors (Lipinski definition) is 3. The fraction of sp³-hybridized carbons (Fsp3) is 0.556. The molecule has 0 bridgehead atoms. The van der Waals surface area contributed by atoms with Crippen molar-refractivity contribution in [3.05, 3.63) is 16.6 Å². The third-order valence-electron chi connectivity index (χ3n) is 2.25. The second-order valence-corrected chi connectivity index (χ2v) is 5.49. The summed E-state index contributed by atoms with van der Waals surface area (Å²) in [7, 11) is 0. The minimum atomic E-state index is -0.0161. The molecule has 1 N–H and O–H groups in total. The maximum atomic E-state index is 11.5. The van der Waals surface area contributed by atoms with Crippen molar-refractivity contribution >= 4 is 33.2 Å². The van der Waals surface area contributed by atoms with Gasteiger partial charge in [-0.15, -0.1) is 11.3 Å². The standard InChI is InChI=1S/C9H11BrN2OS/c10-7(6-1-2-6)3-12-9(13)8-4-11-5-14-8/h4-7H,1-3H2,(H,12,13). The normalized spacial score (nSPS) is 17.8. The van der Waals surface area contributed by atoms with E-state index in [2.05, 4.69) is 26.2 Å². The van der Waals surface area contributed by atoms with Crippen LogP contribution >= 0.6 is 27.3 Å². The van der Waals surface area contributed by atoms with Crippen LogP contribution in [-0.4, -0.2) is 22.3 Å². The Kier molecular flexibility index (Phi) is 3.18. The quantitative estimate of drug-likeness (QED) is 0.854. The van der Waals surface area contributed by atoms with Crippen molar-refractivity contribution in [2.75, 3.05) is 6.54 Å². The Bertz CT molecular complexity index is 311. The fourth-order valence-corrected chi connectivity index (χ4v) is 2.46. The van der Waals surface area contributed by atoms with E-state index >= 15 is 0 Å². The molecule has 1 aromatic heterocycles. The maximum absolute atomic E-state index is 11.5. The van der Waals surface area contributed by atoms with E-state index in [1.165, 1.54) is 24.2 Å². The minimum absolute atomic E-state index is 0.0161. The van der Waals surface area contributed by atoms with Gasteiger partial charge < -0.3 is 5.32 Å². The van der Waals surface area contributed by atoms with Crippen molar-refractivity contribution < 1.29 is 4.79 Å². The molecule has 0 saturated heterocycles. The number of rotatable bonds is 4. The van der Waals surface area contributed by atoms with Gasteiger partial charge in [0, 0.05) is 11.4 Å². The zero-order chi connectivity index (χ0) is 9.97. The van der Waals surface area contributed by atoms with Crippen molar-refractivity contribution in [3.8, 4) is 0 Å². The number of carbonyl (C=O) groups is 1. The number of hydrogen-bond donors (Lipinski definition) is 1. The summed E-state index contributed by atoms with van der Waals surface area (Å²) < 4.78 is 0. The average Bonchev–Trinajstić information content (AvgIpc) is 2.90. The molecule has 1 atom stereocenters. The number of nitrogens with zero attached hydrogens (tertiary/aromatic N) is 1. The number of halogens is 1. The van der Waals surface area contributed by atoms with Gasteiger partial charge in [-0.2, -0.15) is 0 Å². The minimum Gasteiger partial charge on any atom is -0.350 e. The highest BCUT2D eigenvalue weighted by molar-refractivity contribution is 9.09. The van der Waals surface area contributed by atoms with E-state index in [1.54, 1.807) is 11.7 Å². The maximum Gasteiger partial charge on any atom is 0.263 e. The second kappa shape index (κ2) is 4.40. The van der Waals surface area contributed by atoms with Gasteiger partial charge in [0.15, 0.2) is 0 Å². The van der Waals surface area contributed by atoms with Crippen LogP contribution in [-0.2, 0) is 0 Å². The zero-order valence-corrected chi connectivity index (χ0v) is 9.97. The van der Waals surface area contributed by atoms with E-state index in [0.717, 1.165) is 5.92 Å². The van der Waals surface area contributed by atoms with Crippen LogP contribution in [0.2, 0.25) is 0 Å². The Hall–Kier alpha value is -0.420. The number of nitrogens with one attached hydrogen (secondary N) is 1. The first-order chi connectivity index (χ1) is 6.77. The Morgan fingerprint density at radius 1 is 1.79 bits per heavy atom. The highest BCUT2D eigenvalue weighted by Gasteiger charge is 2.29. The average molecular weight is 275 g/mol. The van der Waals surface area contributed by atoms with Gasteiger partial charge in [-0.3, -0.25) is 9.78 Å². The van der Waals surface area contributed by atoms with Crippen molar-refractivity contribution in [2.24, 2.45) is 5.92 Å². The number of carbonyl (C=O) groups excluding carboxylic acids is 1. The molecule has 1 aliphatic rings. The molecule has 0 spiro atoms. The molecule has 1 heterocycles. The van der Waals surface area contributed by atoms with Gasteiger partial charge in [0.1, 0.15) is 4.88 Å². The highest BCUT2D eigenvalue weighted by atomic mass is 79.9. The van der Waals surface area contributed by atoms with Crippen LogP contribution in [0.3, 0.4) is 0 Å². The predicted octanol–water partition coefficient (Wildman–Crippen LogP) is 2.05. The van der Waals surface area contributed by atoms with Crippen LogP contribution in [0.15, 0.2) is 11.7 Å². The van der Waals surface area contributed by atoms with Crippen LogP contribution in [0, 0.1) is 5.92 Å². The monoisotopic (exact) mass is 274 g/mol. The molecule has 76 valence electrons. The summed E-state index contributed by atoms with van der Waals surface area (Å²) in [6.07, 6.45) is 4.17. The van der Waals surface area contributed by atoms with Crippen molar-refractivity contribution in [2.45, 2.75) is 17.7 Å². The van der Waals surface area contributed by atoms with Crippen molar-refractivity contribution in [3.63, 3.8) is 0 Å². The number of alkyl halides is 1. The Morgan fingerprint density at radius 3 is 3.14 bits per heavy atom. The highest BCUT2D eigenvalue weighted by Crippen LogP contribution is 2.36. The van der Waals surface area contributed by atoms with E-state index < -0.39 is 0 Å². The Labute approximate surface area is 95.1 Å². The van der Waals surface area contributed by atoms with Gasteiger partial charge in [-0.25, -0.2) is 0 Å². The molecular formula is C9H11BrN2OS. The van der Waals surface area contributed by atoms with Crippen LogP contribution in [0.4, 0.5) is 0 Å². The molecule has 1 fully saturated rings. The summed E-state index contributed by atoms with van der Waals surface area (Å²) in [5.74, 6) is 0.745. The molecule has 0 aromatic carbocycles. The van der Waals surface area contributed by atoms with E-state index in [9.17, 15) is 4.79 Å². The van der Waals surface area contributed by atoms with Crippen LogP contribution < -0.4 is 5.32 Å². The first-order valence-electron chi connectivity index (χ1n) is 4.58. The summed E-state index contributed by atoms with van der Waals surface area (Å²) in [5, 5.41) is 2.89. The topological polar surface area (TPSA) is 42.0 Å². The first kappa shape index (κ1) is 10.1. The number of amides is 1. The Morgan fingerprint density at radius 2 is 2.57 bits per heavy atom. The molecule has 1 aliphatic carbocycles. The predicted molar refractivity (Wildman–Crippen MR) is 59.9 cm³/mol. The lowest BCUT2D eigenvalue weighted by atomic mass is 10.3. The van der Waals surface area contributed by atoms with Gasteiger partial charge in [0.05, 0.1) is 11.7 Å². The second-order valence-electron chi connectivity index (χ2n) is 3.43. The molecule has 1 amide bonds. The van der Waals surface area contributed by atoms with Crippen LogP contribution in [0.25, 0.3) is 0 Å². The van der Waals surface area contributed by atoms with E-state index in [1.807, 2.05) is 0 Å². The Balaban J connectivity index is 1.77. The van der Waals surface area contributed by atoms with Crippen molar-refractivity contribution in [1.82, 2.24) is 10.3 Å². The molecule has 5 heteroatoms. The largest absolute Gasteiger partial charge is 0.350 e. The van der Waals surface area contributed by atoms with E-state index in [4.69, 9.17) is 0 Å². The van der Waals surface area contributed by atoms with Gasteiger partial charge >= 0.3 is 0 Å². The first-order valence-corrected chi connectivity index (χ1v) is 6.37. The van der Waals surface area contributed by atoms with Crippen LogP contribution in [0.5, 0.6) is 0 Å². The third kappa shape index (κ3) is 2.54. The zero-order valence-electron chi connectivity index (χ0n) is 7.57. The fourth-order valence-electron chi connectivity index (χ4n) is 1.23. The molecule has 14 heavy (non-hydrogen) atoms. The summed E-state index contributed by atoms with van der Waals surface area (Å²) in [6.45, 7) is 0.710. The molecule has 1 saturated carbocycles. The lowest BCUT2D eigenvalue weighted by Crippen LogP contribution is -2.29. The van der Waals surface area contributed by atoms with E-state index in [-0.39, 0.29) is 5.91 Å². The number of aromatic nitrogens is 1.